The molecule has 0 aliphatic carbocycles. The summed E-state index contributed by atoms with van der Waals surface area (Å²) in [6.07, 6.45) is -6.17. The molecule has 0 aromatic heterocycles. The molecule has 1 aromatic carbocycles. The van der Waals surface area contributed by atoms with Crippen LogP contribution in [-0.4, -0.2) is 28.9 Å². The van der Waals surface area contributed by atoms with Crippen LogP contribution in [0, 0.1) is 0 Å². The molecule has 0 bridgehead atoms. The molecule has 1 aromatic rings. The van der Waals surface area contributed by atoms with Crippen LogP contribution in [0.4, 0.5) is 13.2 Å². The van der Waals surface area contributed by atoms with E-state index in [4.69, 9.17) is 5.11 Å². The summed E-state index contributed by atoms with van der Waals surface area (Å²) >= 11 is 0. The fourth-order valence-corrected chi connectivity index (χ4v) is 1.66. The lowest BCUT2D eigenvalue weighted by molar-refractivity contribution is -0.174. The molecule has 0 spiro atoms. The van der Waals surface area contributed by atoms with Gasteiger partial charge in [0.05, 0.1) is 12.6 Å². The minimum Gasteiger partial charge on any atom is -0.393 e. The second-order valence-electron chi connectivity index (χ2n) is 4.02. The highest BCUT2D eigenvalue weighted by molar-refractivity contribution is 5.82. The monoisotopic (exact) mass is 277 g/mol. The zero-order valence-electron chi connectivity index (χ0n) is 10.1. The Bertz CT molecular complexity index is 448. The molecule has 1 rings (SSSR count). The molecular formula is C12H14F3NO3. The number of carbonyl (C=O) groups excluding carboxylic acids is 1. The summed E-state index contributed by atoms with van der Waals surface area (Å²) in [5.74, 6) is -2.05. The van der Waals surface area contributed by atoms with Gasteiger partial charge in [-0.05, 0) is 18.1 Å². The maximum absolute atomic E-state index is 12.1. The number of rotatable bonds is 4. The van der Waals surface area contributed by atoms with Crippen LogP contribution in [0.5, 0.6) is 0 Å². The number of alkyl halides is 3. The van der Waals surface area contributed by atoms with Crippen molar-refractivity contribution in [2.75, 3.05) is 6.61 Å². The van der Waals surface area contributed by atoms with Gasteiger partial charge in [-0.25, -0.2) is 0 Å². The quantitative estimate of drug-likeness (QED) is 0.780. The van der Waals surface area contributed by atoms with Crippen molar-refractivity contribution in [2.24, 2.45) is 0 Å². The predicted molar refractivity (Wildman–Crippen MR) is 61.1 cm³/mol. The van der Waals surface area contributed by atoms with E-state index in [-0.39, 0.29) is 5.56 Å². The van der Waals surface area contributed by atoms with E-state index in [1.54, 1.807) is 17.4 Å². The Morgan fingerprint density at radius 3 is 2.32 bits per heavy atom. The first-order valence-electron chi connectivity index (χ1n) is 5.52. The van der Waals surface area contributed by atoms with Gasteiger partial charge >= 0.3 is 12.1 Å². The summed E-state index contributed by atoms with van der Waals surface area (Å²) in [7, 11) is 0. The molecular weight excluding hydrogens is 263 g/mol. The molecule has 2 atom stereocenters. The number of hydrogen-bond acceptors (Lipinski definition) is 3. The van der Waals surface area contributed by atoms with Crippen molar-refractivity contribution in [2.45, 2.75) is 25.2 Å². The Morgan fingerprint density at radius 1 is 1.32 bits per heavy atom. The fraction of sp³-hybridized carbons (Fsp3) is 0.417. The number of aliphatic hydroxyl groups is 2. The van der Waals surface area contributed by atoms with Crippen LogP contribution in [0.15, 0.2) is 24.3 Å². The highest BCUT2D eigenvalue weighted by Crippen LogP contribution is 2.25. The maximum Gasteiger partial charge on any atom is 0.471 e. The van der Waals surface area contributed by atoms with E-state index in [0.29, 0.717) is 5.56 Å². The van der Waals surface area contributed by atoms with Crippen molar-refractivity contribution in [1.82, 2.24) is 5.32 Å². The van der Waals surface area contributed by atoms with Gasteiger partial charge < -0.3 is 15.5 Å². The Labute approximate surface area is 107 Å². The first-order valence-corrected chi connectivity index (χ1v) is 5.52. The van der Waals surface area contributed by atoms with Crippen molar-refractivity contribution >= 4 is 5.91 Å². The van der Waals surface area contributed by atoms with E-state index in [2.05, 4.69) is 0 Å². The minimum atomic E-state index is -4.96. The van der Waals surface area contributed by atoms with Gasteiger partial charge in [-0.15, -0.1) is 0 Å². The van der Waals surface area contributed by atoms with Crippen LogP contribution >= 0.6 is 0 Å². The molecule has 1 amide bonds. The number of carbonyl (C=O) groups is 1. The zero-order valence-corrected chi connectivity index (χ0v) is 10.1. The van der Waals surface area contributed by atoms with Gasteiger partial charge in [0, 0.05) is 0 Å². The lowest BCUT2D eigenvalue weighted by Crippen LogP contribution is -2.38. The Morgan fingerprint density at radius 2 is 1.84 bits per heavy atom. The number of aliphatic hydroxyl groups excluding tert-OH is 2. The summed E-state index contributed by atoms with van der Waals surface area (Å²) in [6, 6.07) is 5.17. The van der Waals surface area contributed by atoms with E-state index >= 15 is 0 Å². The zero-order chi connectivity index (χ0) is 14.6. The van der Waals surface area contributed by atoms with Crippen molar-refractivity contribution in [3.05, 3.63) is 35.4 Å². The van der Waals surface area contributed by atoms with E-state index in [9.17, 15) is 23.1 Å². The van der Waals surface area contributed by atoms with E-state index < -0.39 is 30.8 Å². The highest BCUT2D eigenvalue weighted by atomic mass is 19.4. The SMILES string of the molecule is C[C@H](NC(=O)C(F)(F)F)c1ccccc1[C@H](O)CO. The van der Waals surface area contributed by atoms with Gasteiger partial charge in [0.2, 0.25) is 0 Å². The van der Waals surface area contributed by atoms with Gasteiger partial charge in [-0.3, -0.25) is 4.79 Å². The third kappa shape index (κ3) is 3.93. The number of halogens is 3. The summed E-state index contributed by atoms with van der Waals surface area (Å²) < 4.78 is 36.4. The highest BCUT2D eigenvalue weighted by Gasteiger charge is 2.39. The summed E-state index contributed by atoms with van der Waals surface area (Å²) in [5, 5.41) is 20.3. The van der Waals surface area contributed by atoms with Gasteiger partial charge in [-0.2, -0.15) is 13.2 Å². The van der Waals surface area contributed by atoms with Crippen LogP contribution in [0.1, 0.15) is 30.2 Å². The molecule has 0 fully saturated rings. The van der Waals surface area contributed by atoms with Gasteiger partial charge in [0.25, 0.3) is 0 Å². The first kappa shape index (κ1) is 15.5. The molecule has 0 radical (unpaired) electrons. The van der Waals surface area contributed by atoms with Crippen LogP contribution < -0.4 is 5.32 Å². The van der Waals surface area contributed by atoms with Crippen molar-refractivity contribution in [3.63, 3.8) is 0 Å². The number of nitrogens with one attached hydrogen (secondary N) is 1. The Kier molecular flexibility index (Phi) is 4.90. The minimum absolute atomic E-state index is 0.278. The van der Waals surface area contributed by atoms with Gasteiger partial charge in [-0.1, -0.05) is 24.3 Å². The number of benzene rings is 1. The molecule has 4 nitrogen and oxygen atoms in total. The van der Waals surface area contributed by atoms with Crippen molar-refractivity contribution in [1.29, 1.82) is 0 Å². The topological polar surface area (TPSA) is 69.6 Å². The van der Waals surface area contributed by atoms with Crippen LogP contribution in [-0.2, 0) is 4.79 Å². The second-order valence-corrected chi connectivity index (χ2v) is 4.02. The molecule has 3 N–H and O–H groups in total. The molecule has 0 aliphatic rings. The Balaban J connectivity index is 2.94. The average Bonchev–Trinajstić information content (AvgIpc) is 2.36. The Hall–Kier alpha value is -1.60. The molecule has 7 heteroatoms. The molecule has 0 unspecified atom stereocenters. The molecule has 106 valence electrons. The molecule has 0 saturated carbocycles. The summed E-state index contributed by atoms with van der Waals surface area (Å²) in [5.41, 5.74) is 0.599. The van der Waals surface area contributed by atoms with Crippen LogP contribution in [0.25, 0.3) is 0 Å². The van der Waals surface area contributed by atoms with Crippen LogP contribution in [0.2, 0.25) is 0 Å². The largest absolute Gasteiger partial charge is 0.471 e. The normalized spacial score (nSPS) is 14.8. The van der Waals surface area contributed by atoms with Crippen LogP contribution in [0.3, 0.4) is 0 Å². The molecule has 0 saturated heterocycles. The smallest absolute Gasteiger partial charge is 0.393 e. The summed E-state index contributed by atoms with van der Waals surface area (Å²) in [4.78, 5) is 10.9. The van der Waals surface area contributed by atoms with E-state index in [0.717, 1.165) is 0 Å². The molecule has 0 aliphatic heterocycles. The van der Waals surface area contributed by atoms with E-state index in [1.165, 1.54) is 19.1 Å². The number of hydrogen-bond donors (Lipinski definition) is 3. The maximum atomic E-state index is 12.1. The third-order valence-electron chi connectivity index (χ3n) is 2.60. The lowest BCUT2D eigenvalue weighted by atomic mass is 9.97. The van der Waals surface area contributed by atoms with Crippen molar-refractivity contribution in [3.8, 4) is 0 Å². The van der Waals surface area contributed by atoms with Gasteiger partial charge in [0.15, 0.2) is 0 Å². The standard InChI is InChI=1S/C12H14F3NO3/c1-7(16-11(19)12(13,14)15)8-4-2-3-5-9(8)10(18)6-17/h2-5,7,10,17-18H,6H2,1H3,(H,16,19)/t7-,10+/m0/s1. The molecule has 0 heterocycles. The first-order chi connectivity index (χ1) is 8.77. The lowest BCUT2D eigenvalue weighted by Gasteiger charge is -2.20. The summed E-state index contributed by atoms with van der Waals surface area (Å²) in [6.45, 7) is 0.809. The van der Waals surface area contributed by atoms with Crippen molar-refractivity contribution < 1.29 is 28.2 Å². The predicted octanol–water partition coefficient (Wildman–Crippen LogP) is 1.45. The fourth-order valence-electron chi connectivity index (χ4n) is 1.66. The average molecular weight is 277 g/mol. The number of amides is 1. The molecule has 19 heavy (non-hydrogen) atoms. The van der Waals surface area contributed by atoms with E-state index in [1.807, 2.05) is 0 Å². The second kappa shape index (κ2) is 6.03. The third-order valence-corrected chi connectivity index (χ3v) is 2.60. The van der Waals surface area contributed by atoms with Gasteiger partial charge in [0.1, 0.15) is 6.10 Å².